The standard InChI is InChI=1S/C19H22N2O3S/c1-3-7-17(14-8-5-4-6-9-14)21-25(23,24)15-10-11-18-16(12-15)13(2)19(22)20-18/h4-6,8-13,17,21H,3,7H2,1-2H3,(H,20,22)/t13-,17-/m1/s1. The highest BCUT2D eigenvalue weighted by Gasteiger charge is 2.29. The van der Waals surface area contributed by atoms with E-state index < -0.39 is 10.0 Å². The molecule has 0 aliphatic carbocycles. The number of fused-ring (bicyclic) bond motifs is 1. The zero-order valence-electron chi connectivity index (χ0n) is 14.3. The summed E-state index contributed by atoms with van der Waals surface area (Å²) in [6, 6.07) is 14.1. The maximum absolute atomic E-state index is 12.9. The highest BCUT2D eigenvalue weighted by Crippen LogP contribution is 2.34. The van der Waals surface area contributed by atoms with Crippen molar-refractivity contribution < 1.29 is 13.2 Å². The Morgan fingerprint density at radius 1 is 1.16 bits per heavy atom. The Kier molecular flexibility index (Phi) is 4.92. The van der Waals surface area contributed by atoms with E-state index in [1.807, 2.05) is 37.3 Å². The fraction of sp³-hybridized carbons (Fsp3) is 0.316. The Morgan fingerprint density at radius 2 is 1.88 bits per heavy atom. The Bertz CT molecular complexity index is 879. The fourth-order valence-electron chi connectivity index (χ4n) is 3.09. The van der Waals surface area contributed by atoms with Crippen molar-refractivity contribution >= 4 is 21.6 Å². The first kappa shape index (κ1) is 17.6. The molecule has 0 unspecified atom stereocenters. The molecule has 6 heteroatoms. The SMILES string of the molecule is CCC[C@@H](NS(=O)(=O)c1ccc2c(c1)[C@@H](C)C(=O)N2)c1ccccc1. The van der Waals surface area contributed by atoms with E-state index in [2.05, 4.69) is 10.0 Å². The molecule has 132 valence electrons. The van der Waals surface area contributed by atoms with Crippen LogP contribution in [0.1, 0.15) is 49.8 Å². The largest absolute Gasteiger partial charge is 0.325 e. The molecule has 0 radical (unpaired) electrons. The van der Waals surface area contributed by atoms with Gasteiger partial charge in [-0.1, -0.05) is 43.7 Å². The molecule has 2 aromatic rings. The normalized spacial score (nSPS) is 17.8. The van der Waals surface area contributed by atoms with Crippen molar-refractivity contribution in [2.24, 2.45) is 0 Å². The second-order valence-electron chi connectivity index (χ2n) is 6.33. The van der Waals surface area contributed by atoms with Crippen LogP contribution in [0.25, 0.3) is 0 Å². The maximum Gasteiger partial charge on any atom is 0.241 e. The van der Waals surface area contributed by atoms with Gasteiger partial charge in [0.15, 0.2) is 0 Å². The number of hydrogen-bond donors (Lipinski definition) is 2. The van der Waals surface area contributed by atoms with Gasteiger partial charge >= 0.3 is 0 Å². The van der Waals surface area contributed by atoms with Crippen LogP contribution in [0.4, 0.5) is 5.69 Å². The van der Waals surface area contributed by atoms with Gasteiger partial charge in [0.1, 0.15) is 0 Å². The van der Waals surface area contributed by atoms with Crippen molar-refractivity contribution in [3.8, 4) is 0 Å². The summed E-state index contributed by atoms with van der Waals surface area (Å²) in [6.45, 7) is 3.80. The van der Waals surface area contributed by atoms with Gasteiger partial charge in [0.25, 0.3) is 0 Å². The summed E-state index contributed by atoms with van der Waals surface area (Å²) >= 11 is 0. The molecular formula is C19H22N2O3S. The molecule has 1 aliphatic heterocycles. The third-order valence-electron chi connectivity index (χ3n) is 4.53. The van der Waals surface area contributed by atoms with Crippen LogP contribution in [-0.4, -0.2) is 14.3 Å². The highest BCUT2D eigenvalue weighted by molar-refractivity contribution is 7.89. The smallest absolute Gasteiger partial charge is 0.241 e. The number of rotatable bonds is 6. The van der Waals surface area contributed by atoms with Crippen LogP contribution in [0.2, 0.25) is 0 Å². The molecule has 0 aromatic heterocycles. The van der Waals surface area contributed by atoms with Crippen LogP contribution in [0, 0.1) is 0 Å². The number of anilines is 1. The number of hydrogen-bond acceptors (Lipinski definition) is 3. The molecule has 3 rings (SSSR count). The summed E-state index contributed by atoms with van der Waals surface area (Å²) in [6.07, 6.45) is 1.58. The molecule has 2 aromatic carbocycles. The van der Waals surface area contributed by atoms with E-state index in [0.29, 0.717) is 12.1 Å². The topological polar surface area (TPSA) is 75.3 Å². The van der Waals surface area contributed by atoms with Crippen LogP contribution >= 0.6 is 0 Å². The Balaban J connectivity index is 1.90. The average Bonchev–Trinajstić information content (AvgIpc) is 2.89. The minimum Gasteiger partial charge on any atom is -0.325 e. The third-order valence-corrected chi connectivity index (χ3v) is 6.00. The van der Waals surface area contributed by atoms with E-state index in [9.17, 15) is 13.2 Å². The van der Waals surface area contributed by atoms with Gasteiger partial charge < -0.3 is 5.32 Å². The van der Waals surface area contributed by atoms with E-state index >= 15 is 0 Å². The summed E-state index contributed by atoms with van der Waals surface area (Å²) in [4.78, 5) is 12.0. The maximum atomic E-state index is 12.9. The first-order chi connectivity index (χ1) is 11.9. The summed E-state index contributed by atoms with van der Waals surface area (Å²) in [5.41, 5.74) is 2.35. The van der Waals surface area contributed by atoms with Gasteiger partial charge in [-0.15, -0.1) is 0 Å². The van der Waals surface area contributed by atoms with Crippen molar-refractivity contribution in [1.82, 2.24) is 4.72 Å². The van der Waals surface area contributed by atoms with Crippen LogP contribution in [0.15, 0.2) is 53.4 Å². The minimum atomic E-state index is -3.68. The van der Waals surface area contributed by atoms with E-state index in [0.717, 1.165) is 17.5 Å². The average molecular weight is 358 g/mol. The first-order valence-electron chi connectivity index (χ1n) is 8.44. The second-order valence-corrected chi connectivity index (χ2v) is 8.05. The van der Waals surface area contributed by atoms with Gasteiger partial charge in [0, 0.05) is 11.7 Å². The molecule has 0 saturated heterocycles. The molecule has 5 nitrogen and oxygen atoms in total. The Labute approximate surface area is 148 Å². The molecule has 1 amide bonds. The van der Waals surface area contributed by atoms with Crippen LogP contribution < -0.4 is 10.0 Å². The molecule has 0 fully saturated rings. The zero-order valence-corrected chi connectivity index (χ0v) is 15.1. The van der Waals surface area contributed by atoms with E-state index in [4.69, 9.17) is 0 Å². The predicted molar refractivity (Wildman–Crippen MR) is 97.9 cm³/mol. The lowest BCUT2D eigenvalue weighted by Crippen LogP contribution is -2.28. The Morgan fingerprint density at radius 3 is 2.56 bits per heavy atom. The van der Waals surface area contributed by atoms with Gasteiger partial charge in [-0.2, -0.15) is 0 Å². The van der Waals surface area contributed by atoms with E-state index in [-0.39, 0.29) is 22.8 Å². The van der Waals surface area contributed by atoms with Crippen molar-refractivity contribution in [1.29, 1.82) is 0 Å². The van der Waals surface area contributed by atoms with Crippen molar-refractivity contribution in [3.63, 3.8) is 0 Å². The van der Waals surface area contributed by atoms with Crippen molar-refractivity contribution in [2.45, 2.75) is 43.5 Å². The molecule has 2 N–H and O–H groups in total. The molecule has 0 spiro atoms. The fourth-order valence-corrected chi connectivity index (χ4v) is 4.38. The van der Waals surface area contributed by atoms with E-state index in [1.54, 1.807) is 19.1 Å². The number of carbonyl (C=O) groups is 1. The van der Waals surface area contributed by atoms with Crippen LogP contribution in [0.5, 0.6) is 0 Å². The van der Waals surface area contributed by atoms with Gasteiger partial charge in [-0.25, -0.2) is 13.1 Å². The Hall–Kier alpha value is -2.18. The number of nitrogens with one attached hydrogen (secondary N) is 2. The first-order valence-corrected chi connectivity index (χ1v) is 9.92. The number of sulfonamides is 1. The van der Waals surface area contributed by atoms with Gasteiger partial charge in [-0.05, 0) is 42.7 Å². The quantitative estimate of drug-likeness (QED) is 0.829. The second kappa shape index (κ2) is 6.98. The third kappa shape index (κ3) is 3.60. The summed E-state index contributed by atoms with van der Waals surface area (Å²) < 4.78 is 28.5. The summed E-state index contributed by atoms with van der Waals surface area (Å²) in [5, 5.41) is 2.76. The molecular weight excluding hydrogens is 336 g/mol. The summed E-state index contributed by atoms with van der Waals surface area (Å²) in [5.74, 6) is -0.448. The van der Waals surface area contributed by atoms with Gasteiger partial charge in [0.05, 0.1) is 10.8 Å². The summed E-state index contributed by atoms with van der Waals surface area (Å²) in [7, 11) is -3.68. The minimum absolute atomic E-state index is 0.106. The predicted octanol–water partition coefficient (Wildman–Crippen LogP) is 3.56. The molecule has 2 atom stereocenters. The molecule has 0 bridgehead atoms. The van der Waals surface area contributed by atoms with Crippen molar-refractivity contribution in [3.05, 3.63) is 59.7 Å². The van der Waals surface area contributed by atoms with Crippen LogP contribution in [0.3, 0.4) is 0 Å². The molecule has 0 saturated carbocycles. The number of benzene rings is 2. The molecule has 1 heterocycles. The molecule has 1 aliphatic rings. The van der Waals surface area contributed by atoms with Gasteiger partial charge in [-0.3, -0.25) is 4.79 Å². The number of amides is 1. The number of carbonyl (C=O) groups excluding carboxylic acids is 1. The lowest BCUT2D eigenvalue weighted by molar-refractivity contribution is -0.116. The zero-order chi connectivity index (χ0) is 18.0. The van der Waals surface area contributed by atoms with E-state index in [1.165, 1.54) is 6.07 Å². The monoisotopic (exact) mass is 358 g/mol. The van der Waals surface area contributed by atoms with Crippen molar-refractivity contribution in [2.75, 3.05) is 5.32 Å². The van der Waals surface area contributed by atoms with Gasteiger partial charge in [0.2, 0.25) is 15.9 Å². The molecule has 25 heavy (non-hydrogen) atoms. The lowest BCUT2D eigenvalue weighted by Gasteiger charge is -2.19. The highest BCUT2D eigenvalue weighted by atomic mass is 32.2. The lowest BCUT2D eigenvalue weighted by atomic mass is 10.0. The van der Waals surface area contributed by atoms with Crippen LogP contribution in [-0.2, 0) is 14.8 Å².